The van der Waals surface area contributed by atoms with Crippen LogP contribution in [-0.4, -0.2) is 21.0 Å². The molecule has 0 spiro atoms. The SMILES string of the molecule is Cc1nc(C2CC3CCC2C3)nc(C)c1CCC(=O)O. The number of aromatic nitrogens is 2. The largest absolute Gasteiger partial charge is 0.481 e. The van der Waals surface area contributed by atoms with E-state index >= 15 is 0 Å². The Bertz CT molecular complexity index is 518. The van der Waals surface area contributed by atoms with Gasteiger partial charge in [-0.2, -0.15) is 0 Å². The second-order valence-electron chi connectivity index (χ2n) is 6.41. The summed E-state index contributed by atoms with van der Waals surface area (Å²) in [5, 5.41) is 8.81. The maximum absolute atomic E-state index is 10.7. The van der Waals surface area contributed by atoms with Gasteiger partial charge in [-0.15, -0.1) is 0 Å². The van der Waals surface area contributed by atoms with Crippen molar-refractivity contribution in [3.05, 3.63) is 22.8 Å². The molecule has 0 amide bonds. The number of carbonyl (C=O) groups is 1. The standard InChI is InChI=1S/C16H22N2O2/c1-9-13(5-6-15(19)20)10(2)18-16(17-9)14-8-11-3-4-12(14)7-11/h11-12,14H,3-8H2,1-2H3,(H,19,20). The lowest BCUT2D eigenvalue weighted by Gasteiger charge is -2.21. The van der Waals surface area contributed by atoms with Crippen molar-refractivity contribution in [2.45, 2.75) is 58.3 Å². The van der Waals surface area contributed by atoms with Crippen LogP contribution in [0.5, 0.6) is 0 Å². The number of rotatable bonds is 4. The highest BCUT2D eigenvalue weighted by Gasteiger charge is 2.41. The van der Waals surface area contributed by atoms with Crippen molar-refractivity contribution < 1.29 is 9.90 Å². The summed E-state index contributed by atoms with van der Waals surface area (Å²) < 4.78 is 0. The number of aryl methyl sites for hydroxylation is 2. The molecule has 4 heteroatoms. The predicted octanol–water partition coefficient (Wildman–Crippen LogP) is 3.01. The number of aliphatic carboxylic acids is 1. The Kier molecular flexibility index (Phi) is 3.48. The molecule has 3 rings (SSSR count). The third kappa shape index (κ3) is 2.43. The molecule has 3 atom stereocenters. The van der Waals surface area contributed by atoms with Crippen LogP contribution in [-0.2, 0) is 11.2 Å². The molecule has 1 aromatic heterocycles. The van der Waals surface area contributed by atoms with Crippen LogP contribution in [0.1, 0.15) is 60.8 Å². The third-order valence-corrected chi connectivity index (χ3v) is 5.10. The van der Waals surface area contributed by atoms with E-state index in [1.807, 2.05) is 13.8 Å². The van der Waals surface area contributed by atoms with Gasteiger partial charge in [-0.25, -0.2) is 9.97 Å². The molecule has 4 nitrogen and oxygen atoms in total. The van der Waals surface area contributed by atoms with E-state index < -0.39 is 5.97 Å². The van der Waals surface area contributed by atoms with Gasteiger partial charge in [0.05, 0.1) is 0 Å². The van der Waals surface area contributed by atoms with Crippen molar-refractivity contribution in [1.82, 2.24) is 9.97 Å². The van der Waals surface area contributed by atoms with Gasteiger partial charge in [0.15, 0.2) is 0 Å². The summed E-state index contributed by atoms with van der Waals surface area (Å²) in [5.74, 6) is 2.46. The summed E-state index contributed by atoms with van der Waals surface area (Å²) in [6.45, 7) is 3.98. The molecule has 0 aromatic carbocycles. The van der Waals surface area contributed by atoms with Crippen LogP contribution in [0.15, 0.2) is 0 Å². The van der Waals surface area contributed by atoms with Gasteiger partial charge in [-0.3, -0.25) is 4.79 Å². The maximum Gasteiger partial charge on any atom is 0.303 e. The molecule has 20 heavy (non-hydrogen) atoms. The van der Waals surface area contributed by atoms with Crippen molar-refractivity contribution in [3.8, 4) is 0 Å². The molecule has 0 saturated heterocycles. The van der Waals surface area contributed by atoms with Crippen LogP contribution in [0.3, 0.4) is 0 Å². The highest BCUT2D eigenvalue weighted by Crippen LogP contribution is 2.52. The summed E-state index contributed by atoms with van der Waals surface area (Å²) in [7, 11) is 0. The molecule has 2 aliphatic carbocycles. The number of fused-ring (bicyclic) bond motifs is 2. The van der Waals surface area contributed by atoms with Gasteiger partial charge in [-0.1, -0.05) is 6.42 Å². The summed E-state index contributed by atoms with van der Waals surface area (Å²) in [4.78, 5) is 20.1. The smallest absolute Gasteiger partial charge is 0.303 e. The Labute approximate surface area is 119 Å². The minimum atomic E-state index is -0.763. The zero-order chi connectivity index (χ0) is 14.3. The predicted molar refractivity (Wildman–Crippen MR) is 75.7 cm³/mol. The molecule has 2 aliphatic rings. The first-order chi connectivity index (χ1) is 9.54. The van der Waals surface area contributed by atoms with E-state index in [4.69, 9.17) is 15.1 Å². The molecular formula is C16H22N2O2. The number of hydrogen-bond donors (Lipinski definition) is 1. The average molecular weight is 274 g/mol. The van der Waals surface area contributed by atoms with E-state index in [2.05, 4.69) is 0 Å². The molecule has 0 aliphatic heterocycles. The highest BCUT2D eigenvalue weighted by atomic mass is 16.4. The number of hydrogen-bond acceptors (Lipinski definition) is 3. The van der Waals surface area contributed by atoms with Gasteiger partial charge >= 0.3 is 5.97 Å². The first-order valence-electron chi connectivity index (χ1n) is 7.60. The topological polar surface area (TPSA) is 63.1 Å². The first kappa shape index (κ1) is 13.5. The minimum Gasteiger partial charge on any atom is -0.481 e. The Hall–Kier alpha value is -1.45. The molecule has 3 unspecified atom stereocenters. The van der Waals surface area contributed by atoms with E-state index in [-0.39, 0.29) is 6.42 Å². The van der Waals surface area contributed by atoms with Gasteiger partial charge in [0.1, 0.15) is 5.82 Å². The zero-order valence-corrected chi connectivity index (χ0v) is 12.2. The van der Waals surface area contributed by atoms with Crippen LogP contribution < -0.4 is 0 Å². The Morgan fingerprint density at radius 1 is 1.20 bits per heavy atom. The number of carboxylic acid groups (broad SMARTS) is 1. The average Bonchev–Trinajstić information content (AvgIpc) is 2.99. The zero-order valence-electron chi connectivity index (χ0n) is 12.2. The summed E-state index contributed by atoms with van der Waals surface area (Å²) in [5.41, 5.74) is 2.95. The van der Waals surface area contributed by atoms with E-state index in [9.17, 15) is 4.79 Å². The minimum absolute atomic E-state index is 0.151. The lowest BCUT2D eigenvalue weighted by molar-refractivity contribution is -0.136. The Balaban J connectivity index is 1.82. The van der Waals surface area contributed by atoms with E-state index in [1.54, 1.807) is 0 Å². The second-order valence-corrected chi connectivity index (χ2v) is 6.41. The van der Waals surface area contributed by atoms with Crippen LogP contribution in [0.4, 0.5) is 0 Å². The maximum atomic E-state index is 10.7. The number of nitrogens with zero attached hydrogens (tertiary/aromatic N) is 2. The quantitative estimate of drug-likeness (QED) is 0.916. The Morgan fingerprint density at radius 2 is 1.90 bits per heavy atom. The van der Waals surface area contributed by atoms with Crippen LogP contribution >= 0.6 is 0 Å². The summed E-state index contributed by atoms with van der Waals surface area (Å²) in [6, 6.07) is 0. The van der Waals surface area contributed by atoms with Crippen LogP contribution in [0, 0.1) is 25.7 Å². The van der Waals surface area contributed by atoms with Crippen molar-refractivity contribution in [1.29, 1.82) is 0 Å². The lowest BCUT2D eigenvalue weighted by atomic mass is 9.88. The summed E-state index contributed by atoms with van der Waals surface area (Å²) >= 11 is 0. The fraction of sp³-hybridized carbons (Fsp3) is 0.688. The molecule has 108 valence electrons. The monoisotopic (exact) mass is 274 g/mol. The van der Waals surface area contributed by atoms with Crippen molar-refractivity contribution >= 4 is 5.97 Å². The third-order valence-electron chi connectivity index (χ3n) is 5.10. The van der Waals surface area contributed by atoms with Crippen molar-refractivity contribution in [3.63, 3.8) is 0 Å². The van der Waals surface area contributed by atoms with Crippen LogP contribution in [0.2, 0.25) is 0 Å². The van der Waals surface area contributed by atoms with Gasteiger partial charge in [-0.05, 0) is 56.9 Å². The molecular weight excluding hydrogens is 252 g/mol. The van der Waals surface area contributed by atoms with Gasteiger partial charge in [0.25, 0.3) is 0 Å². The first-order valence-corrected chi connectivity index (χ1v) is 7.60. The molecule has 2 bridgehead atoms. The molecule has 1 aromatic rings. The van der Waals surface area contributed by atoms with Gasteiger partial charge in [0.2, 0.25) is 0 Å². The number of carboxylic acids is 1. The fourth-order valence-corrected chi connectivity index (χ4v) is 4.09. The fourth-order valence-electron chi connectivity index (χ4n) is 4.09. The van der Waals surface area contributed by atoms with Gasteiger partial charge < -0.3 is 5.11 Å². The van der Waals surface area contributed by atoms with E-state index in [1.165, 1.54) is 25.7 Å². The molecule has 1 heterocycles. The van der Waals surface area contributed by atoms with Gasteiger partial charge in [0, 0.05) is 23.7 Å². The lowest BCUT2D eigenvalue weighted by Crippen LogP contribution is -2.15. The summed E-state index contributed by atoms with van der Waals surface area (Å²) in [6.07, 6.45) is 6.00. The molecule has 0 radical (unpaired) electrons. The van der Waals surface area contributed by atoms with Crippen LogP contribution in [0.25, 0.3) is 0 Å². The van der Waals surface area contributed by atoms with Crippen molar-refractivity contribution in [2.24, 2.45) is 11.8 Å². The second kappa shape index (κ2) is 5.15. The molecule has 2 saturated carbocycles. The normalized spacial score (nSPS) is 28.0. The molecule has 1 N–H and O–H groups in total. The molecule has 2 fully saturated rings. The van der Waals surface area contributed by atoms with E-state index in [0.29, 0.717) is 12.3 Å². The highest BCUT2D eigenvalue weighted by molar-refractivity contribution is 5.67. The van der Waals surface area contributed by atoms with E-state index in [0.717, 1.165) is 34.6 Å². The Morgan fingerprint density at radius 3 is 2.40 bits per heavy atom. The van der Waals surface area contributed by atoms with Crippen molar-refractivity contribution in [2.75, 3.05) is 0 Å².